The molecule has 1 aromatic heterocycles. The number of amides is 3. The highest BCUT2D eigenvalue weighted by Gasteiger charge is 2.47. The van der Waals surface area contributed by atoms with Crippen molar-refractivity contribution in [3.05, 3.63) is 42.1 Å². The van der Waals surface area contributed by atoms with Gasteiger partial charge in [-0.25, -0.2) is 14.7 Å². The van der Waals surface area contributed by atoms with Crippen molar-refractivity contribution in [1.82, 2.24) is 10.3 Å². The SMILES string of the molecule is CC[C@@]1(C)NC(=O)N(c2ccnc(Oc3ccc(C)c(OC)c3)c2)C1=O. The van der Waals surface area contributed by atoms with Gasteiger partial charge in [-0.1, -0.05) is 13.0 Å². The Bertz CT molecular complexity index is 868. The van der Waals surface area contributed by atoms with E-state index in [-0.39, 0.29) is 11.8 Å². The maximum Gasteiger partial charge on any atom is 0.329 e. The number of anilines is 1. The van der Waals surface area contributed by atoms with Crippen molar-refractivity contribution in [2.24, 2.45) is 0 Å². The van der Waals surface area contributed by atoms with Gasteiger partial charge in [-0.3, -0.25) is 4.79 Å². The minimum Gasteiger partial charge on any atom is -0.496 e. The monoisotopic (exact) mass is 355 g/mol. The van der Waals surface area contributed by atoms with Crippen LogP contribution in [0, 0.1) is 6.92 Å². The summed E-state index contributed by atoms with van der Waals surface area (Å²) < 4.78 is 11.0. The summed E-state index contributed by atoms with van der Waals surface area (Å²) in [7, 11) is 1.59. The third-order valence-electron chi connectivity index (χ3n) is 4.55. The van der Waals surface area contributed by atoms with Gasteiger partial charge in [0, 0.05) is 18.3 Å². The summed E-state index contributed by atoms with van der Waals surface area (Å²) in [6.45, 7) is 5.50. The summed E-state index contributed by atoms with van der Waals surface area (Å²) >= 11 is 0. The molecule has 0 aliphatic carbocycles. The van der Waals surface area contributed by atoms with E-state index in [1.807, 2.05) is 19.9 Å². The highest BCUT2D eigenvalue weighted by Crippen LogP contribution is 2.31. The van der Waals surface area contributed by atoms with E-state index in [0.717, 1.165) is 10.5 Å². The standard InChI is InChI=1S/C19H21N3O4/c1-5-19(3)17(23)22(18(24)21-19)13-8-9-20-16(10-13)26-14-7-6-12(2)15(11-14)25-4/h6-11H,5H2,1-4H3,(H,21,24)/t19-/m1/s1. The van der Waals surface area contributed by atoms with Crippen LogP contribution in [-0.2, 0) is 4.79 Å². The zero-order valence-electron chi connectivity index (χ0n) is 15.2. The van der Waals surface area contributed by atoms with Crippen LogP contribution >= 0.6 is 0 Å². The average Bonchev–Trinajstić information content (AvgIpc) is 2.86. The minimum atomic E-state index is -0.897. The molecule has 0 spiro atoms. The number of aromatic nitrogens is 1. The molecule has 3 amide bonds. The van der Waals surface area contributed by atoms with Gasteiger partial charge in [-0.05, 0) is 38.0 Å². The number of urea groups is 1. The van der Waals surface area contributed by atoms with Crippen LogP contribution in [0.3, 0.4) is 0 Å². The Morgan fingerprint density at radius 2 is 2.00 bits per heavy atom. The van der Waals surface area contributed by atoms with E-state index in [1.54, 1.807) is 38.3 Å². The van der Waals surface area contributed by atoms with E-state index in [4.69, 9.17) is 9.47 Å². The Balaban J connectivity index is 1.87. The molecule has 1 aliphatic heterocycles. The lowest BCUT2D eigenvalue weighted by molar-refractivity contribution is -0.121. The fourth-order valence-electron chi connectivity index (χ4n) is 2.74. The van der Waals surface area contributed by atoms with Crippen LogP contribution in [0.5, 0.6) is 17.4 Å². The van der Waals surface area contributed by atoms with Crippen molar-refractivity contribution < 1.29 is 19.1 Å². The Kier molecular flexibility index (Phi) is 4.54. The molecule has 7 heteroatoms. The van der Waals surface area contributed by atoms with Gasteiger partial charge in [0.15, 0.2) is 0 Å². The van der Waals surface area contributed by atoms with Crippen LogP contribution in [0.4, 0.5) is 10.5 Å². The average molecular weight is 355 g/mol. The number of hydrogen-bond acceptors (Lipinski definition) is 5. The lowest BCUT2D eigenvalue weighted by Crippen LogP contribution is -2.43. The predicted octanol–water partition coefficient (Wildman–Crippen LogP) is 3.42. The first kappa shape index (κ1) is 17.7. The number of benzene rings is 1. The summed E-state index contributed by atoms with van der Waals surface area (Å²) in [5, 5.41) is 2.73. The van der Waals surface area contributed by atoms with E-state index >= 15 is 0 Å². The zero-order chi connectivity index (χ0) is 18.9. The molecular formula is C19H21N3O4. The van der Waals surface area contributed by atoms with Gasteiger partial charge >= 0.3 is 6.03 Å². The van der Waals surface area contributed by atoms with Gasteiger partial charge in [0.2, 0.25) is 5.88 Å². The van der Waals surface area contributed by atoms with Gasteiger partial charge in [0.05, 0.1) is 12.8 Å². The molecule has 1 aromatic carbocycles. The van der Waals surface area contributed by atoms with E-state index in [2.05, 4.69) is 10.3 Å². The summed E-state index contributed by atoms with van der Waals surface area (Å²) in [5.74, 6) is 1.23. The number of carbonyl (C=O) groups is 2. The quantitative estimate of drug-likeness (QED) is 0.831. The first-order valence-corrected chi connectivity index (χ1v) is 8.33. The number of nitrogens with zero attached hydrogens (tertiary/aromatic N) is 2. The lowest BCUT2D eigenvalue weighted by atomic mass is 9.99. The second kappa shape index (κ2) is 6.67. The molecule has 1 atom stereocenters. The highest BCUT2D eigenvalue weighted by molar-refractivity contribution is 6.23. The van der Waals surface area contributed by atoms with Crippen molar-refractivity contribution in [1.29, 1.82) is 0 Å². The number of carbonyl (C=O) groups excluding carboxylic acids is 2. The van der Waals surface area contributed by atoms with Gasteiger partial charge in [-0.15, -0.1) is 0 Å². The molecule has 1 saturated heterocycles. The maximum atomic E-state index is 12.6. The third kappa shape index (κ3) is 3.08. The Hall–Kier alpha value is -3.09. The molecule has 2 heterocycles. The third-order valence-corrected chi connectivity index (χ3v) is 4.55. The van der Waals surface area contributed by atoms with Gasteiger partial charge in [-0.2, -0.15) is 0 Å². The molecule has 0 bridgehead atoms. The van der Waals surface area contributed by atoms with E-state index in [9.17, 15) is 9.59 Å². The Labute approximate surface area is 151 Å². The van der Waals surface area contributed by atoms with E-state index in [0.29, 0.717) is 23.6 Å². The molecule has 0 unspecified atom stereocenters. The van der Waals surface area contributed by atoms with Gasteiger partial charge in [0.25, 0.3) is 5.91 Å². The van der Waals surface area contributed by atoms with E-state index < -0.39 is 11.6 Å². The summed E-state index contributed by atoms with van der Waals surface area (Å²) in [5.41, 5.74) is 0.500. The van der Waals surface area contributed by atoms with Gasteiger partial charge in [0.1, 0.15) is 17.0 Å². The molecule has 0 saturated carbocycles. The number of methoxy groups -OCH3 is 1. The van der Waals surface area contributed by atoms with Crippen molar-refractivity contribution in [2.75, 3.05) is 12.0 Å². The number of pyridine rings is 1. The molecule has 7 nitrogen and oxygen atoms in total. The fraction of sp³-hybridized carbons (Fsp3) is 0.316. The van der Waals surface area contributed by atoms with Crippen LogP contribution in [0.2, 0.25) is 0 Å². The predicted molar refractivity (Wildman–Crippen MR) is 96.8 cm³/mol. The molecule has 1 N–H and O–H groups in total. The number of imide groups is 1. The van der Waals surface area contributed by atoms with Crippen LogP contribution in [0.15, 0.2) is 36.5 Å². The summed E-state index contributed by atoms with van der Waals surface area (Å²) in [6.07, 6.45) is 2.00. The van der Waals surface area contributed by atoms with E-state index in [1.165, 1.54) is 6.20 Å². The first-order valence-electron chi connectivity index (χ1n) is 8.33. The van der Waals surface area contributed by atoms with Crippen molar-refractivity contribution >= 4 is 17.6 Å². The molecule has 26 heavy (non-hydrogen) atoms. The lowest BCUT2D eigenvalue weighted by Gasteiger charge is -2.19. The molecular weight excluding hydrogens is 334 g/mol. The van der Waals surface area contributed by atoms with Crippen molar-refractivity contribution in [3.8, 4) is 17.4 Å². The second-order valence-electron chi connectivity index (χ2n) is 6.34. The molecule has 1 fully saturated rings. The normalized spacial score (nSPS) is 19.5. The van der Waals surface area contributed by atoms with Crippen LogP contribution in [0.1, 0.15) is 25.8 Å². The summed E-state index contributed by atoms with van der Waals surface area (Å²) in [4.78, 5) is 30.2. The highest BCUT2D eigenvalue weighted by atomic mass is 16.5. The largest absolute Gasteiger partial charge is 0.496 e. The zero-order valence-corrected chi connectivity index (χ0v) is 15.2. The minimum absolute atomic E-state index is 0.277. The van der Waals surface area contributed by atoms with Crippen LogP contribution in [-0.4, -0.2) is 29.6 Å². The first-order chi connectivity index (χ1) is 12.4. The molecule has 136 valence electrons. The number of ether oxygens (including phenoxy) is 2. The van der Waals surface area contributed by atoms with Crippen LogP contribution < -0.4 is 19.7 Å². The Morgan fingerprint density at radius 1 is 1.23 bits per heavy atom. The number of rotatable bonds is 5. The summed E-state index contributed by atoms with van der Waals surface area (Å²) in [6, 6.07) is 8.14. The molecule has 1 aliphatic rings. The van der Waals surface area contributed by atoms with Crippen LogP contribution in [0.25, 0.3) is 0 Å². The maximum absolute atomic E-state index is 12.6. The number of nitrogens with one attached hydrogen (secondary N) is 1. The molecule has 0 radical (unpaired) electrons. The smallest absolute Gasteiger partial charge is 0.329 e. The fourth-order valence-corrected chi connectivity index (χ4v) is 2.74. The second-order valence-corrected chi connectivity index (χ2v) is 6.34. The number of hydrogen-bond donors (Lipinski definition) is 1. The number of aryl methyl sites for hydroxylation is 1. The van der Waals surface area contributed by atoms with Crippen molar-refractivity contribution in [2.45, 2.75) is 32.7 Å². The molecule has 2 aromatic rings. The Morgan fingerprint density at radius 3 is 2.65 bits per heavy atom. The topological polar surface area (TPSA) is 80.8 Å². The van der Waals surface area contributed by atoms with Crippen molar-refractivity contribution in [3.63, 3.8) is 0 Å². The van der Waals surface area contributed by atoms with Gasteiger partial charge < -0.3 is 14.8 Å². The molecule has 3 rings (SSSR count).